The summed E-state index contributed by atoms with van der Waals surface area (Å²) in [7, 11) is 0. The molecule has 1 N–H and O–H groups in total. The lowest BCUT2D eigenvalue weighted by molar-refractivity contribution is 0.191. The van der Waals surface area contributed by atoms with Crippen LogP contribution in [-0.4, -0.2) is 50.9 Å². The molecule has 0 spiro atoms. The predicted molar refractivity (Wildman–Crippen MR) is 139 cm³/mol. The summed E-state index contributed by atoms with van der Waals surface area (Å²) in [6.07, 6.45) is 3.02. The van der Waals surface area contributed by atoms with E-state index in [1.807, 2.05) is 29.9 Å². The van der Waals surface area contributed by atoms with Crippen LogP contribution >= 0.6 is 0 Å². The third kappa shape index (κ3) is 3.93. The van der Waals surface area contributed by atoms with E-state index in [4.69, 9.17) is 5.10 Å². The van der Waals surface area contributed by atoms with Gasteiger partial charge in [-0.05, 0) is 63.1 Å². The maximum absolute atomic E-state index is 13.3. The summed E-state index contributed by atoms with van der Waals surface area (Å²) < 4.78 is 15.3. The van der Waals surface area contributed by atoms with Gasteiger partial charge in [-0.25, -0.2) is 14.1 Å². The number of nitrogens with zero attached hydrogens (tertiary/aromatic N) is 5. The largest absolute Gasteiger partial charge is 0.363 e. The van der Waals surface area contributed by atoms with E-state index in [9.17, 15) is 4.39 Å². The predicted octanol–water partition coefficient (Wildman–Crippen LogP) is 5.40. The van der Waals surface area contributed by atoms with Gasteiger partial charge in [-0.1, -0.05) is 24.3 Å². The van der Waals surface area contributed by atoms with Crippen LogP contribution in [0.15, 0.2) is 66.9 Å². The fraction of sp³-hybridized carbons (Fsp3) is 0.357. The van der Waals surface area contributed by atoms with Crippen molar-refractivity contribution in [1.82, 2.24) is 19.7 Å². The highest BCUT2D eigenvalue weighted by atomic mass is 19.1. The van der Waals surface area contributed by atoms with Gasteiger partial charge in [0.15, 0.2) is 5.82 Å². The molecule has 2 aliphatic rings. The van der Waals surface area contributed by atoms with Crippen LogP contribution < -0.4 is 10.2 Å². The number of para-hydroxylation sites is 1. The molecule has 4 aromatic rings. The molecule has 2 aliphatic heterocycles. The first kappa shape index (κ1) is 22.0. The average Bonchev–Trinajstić information content (AvgIpc) is 3.57. The van der Waals surface area contributed by atoms with E-state index in [1.165, 1.54) is 23.9 Å². The van der Waals surface area contributed by atoms with Gasteiger partial charge >= 0.3 is 0 Å². The Labute approximate surface area is 205 Å². The third-order valence-electron chi connectivity index (χ3n) is 7.51. The Kier molecular flexibility index (Phi) is 5.44. The monoisotopic (exact) mass is 470 g/mol. The van der Waals surface area contributed by atoms with Crippen LogP contribution in [0.3, 0.4) is 0 Å². The summed E-state index contributed by atoms with van der Waals surface area (Å²) >= 11 is 0. The van der Waals surface area contributed by atoms with E-state index in [2.05, 4.69) is 58.2 Å². The van der Waals surface area contributed by atoms with Gasteiger partial charge in [0.05, 0.1) is 11.2 Å². The Hall–Kier alpha value is -3.45. The molecule has 6 nitrogen and oxygen atoms in total. The molecule has 0 amide bonds. The number of fused-ring (bicyclic) bond motifs is 3. The maximum atomic E-state index is 13.3. The smallest absolute Gasteiger partial charge is 0.159 e. The molecular weight excluding hydrogens is 439 g/mol. The number of hydrogen-bond acceptors (Lipinski definition) is 5. The zero-order chi connectivity index (χ0) is 24.1. The van der Waals surface area contributed by atoms with E-state index in [1.54, 1.807) is 12.1 Å². The first-order chi connectivity index (χ1) is 17.0. The molecule has 2 fully saturated rings. The lowest BCUT2D eigenvalue weighted by Crippen LogP contribution is -2.49. The Morgan fingerprint density at radius 2 is 1.77 bits per heavy atom. The molecule has 4 heterocycles. The number of likely N-dealkylation sites (tertiary alicyclic amines) is 1. The van der Waals surface area contributed by atoms with Gasteiger partial charge in [0.25, 0.3) is 0 Å². The van der Waals surface area contributed by atoms with Crippen LogP contribution in [0.5, 0.6) is 0 Å². The summed E-state index contributed by atoms with van der Waals surface area (Å²) in [5.74, 6) is 1.60. The van der Waals surface area contributed by atoms with Gasteiger partial charge in [0.1, 0.15) is 11.6 Å². The number of hydrogen-bond donors (Lipinski definition) is 1. The van der Waals surface area contributed by atoms with Crippen molar-refractivity contribution < 1.29 is 4.39 Å². The van der Waals surface area contributed by atoms with Gasteiger partial charge < -0.3 is 10.2 Å². The Balaban J connectivity index is 1.31. The van der Waals surface area contributed by atoms with Gasteiger partial charge in [-0.3, -0.25) is 4.90 Å². The van der Waals surface area contributed by atoms with Crippen molar-refractivity contribution in [1.29, 1.82) is 0 Å². The second kappa shape index (κ2) is 8.64. The summed E-state index contributed by atoms with van der Waals surface area (Å²) in [5, 5.41) is 9.77. The Bertz CT molecular complexity index is 1350. The minimum atomic E-state index is -0.231. The highest BCUT2D eigenvalue weighted by Crippen LogP contribution is 2.38. The van der Waals surface area contributed by atoms with Crippen LogP contribution in [0, 0.1) is 5.82 Å². The number of rotatable bonds is 6. The van der Waals surface area contributed by atoms with Crippen molar-refractivity contribution in [2.24, 2.45) is 0 Å². The molecule has 0 aliphatic carbocycles. The van der Waals surface area contributed by atoms with Crippen LogP contribution in [0.4, 0.5) is 16.0 Å². The van der Waals surface area contributed by atoms with Crippen LogP contribution in [-0.2, 0) is 0 Å². The van der Waals surface area contributed by atoms with E-state index in [0.717, 1.165) is 41.5 Å². The SMILES string of the molecule is CC(C)N1CC2CC1CN2c1nn(-c2ccnc(N[C@@H](C)c3ccc(F)cc3)c2)c2ccccc12. The molecule has 0 saturated carbocycles. The second-order valence-corrected chi connectivity index (χ2v) is 10.1. The molecule has 7 heteroatoms. The van der Waals surface area contributed by atoms with Gasteiger partial charge in [0.2, 0.25) is 0 Å². The van der Waals surface area contributed by atoms with Crippen molar-refractivity contribution in [3.8, 4) is 5.69 Å². The zero-order valence-electron chi connectivity index (χ0n) is 20.4. The quantitative estimate of drug-likeness (QED) is 0.409. The fourth-order valence-corrected chi connectivity index (χ4v) is 5.74. The number of pyridine rings is 1. The number of aromatic nitrogens is 3. The van der Waals surface area contributed by atoms with Crippen LogP contribution in [0.2, 0.25) is 0 Å². The highest BCUT2D eigenvalue weighted by Gasteiger charge is 2.45. The van der Waals surface area contributed by atoms with Crippen molar-refractivity contribution in [2.45, 2.75) is 51.4 Å². The molecule has 2 saturated heterocycles. The normalized spacial score (nSPS) is 20.8. The van der Waals surface area contributed by atoms with Gasteiger partial charge in [-0.2, -0.15) is 0 Å². The molecule has 6 rings (SSSR count). The summed E-state index contributed by atoms with van der Waals surface area (Å²) in [6, 6.07) is 20.8. The number of benzene rings is 2. The topological polar surface area (TPSA) is 49.2 Å². The third-order valence-corrected chi connectivity index (χ3v) is 7.51. The average molecular weight is 471 g/mol. The van der Waals surface area contributed by atoms with Crippen molar-refractivity contribution in [2.75, 3.05) is 23.3 Å². The van der Waals surface area contributed by atoms with E-state index in [0.29, 0.717) is 18.1 Å². The Morgan fingerprint density at radius 3 is 2.51 bits per heavy atom. The number of nitrogens with one attached hydrogen (secondary N) is 1. The number of halogens is 1. The molecule has 2 aromatic heterocycles. The lowest BCUT2D eigenvalue weighted by atomic mass is 10.1. The van der Waals surface area contributed by atoms with Gasteiger partial charge in [0, 0.05) is 54.9 Å². The van der Waals surface area contributed by atoms with Crippen molar-refractivity contribution in [3.05, 3.63) is 78.2 Å². The van der Waals surface area contributed by atoms with Crippen molar-refractivity contribution in [3.63, 3.8) is 0 Å². The molecule has 3 atom stereocenters. The molecule has 2 aromatic carbocycles. The van der Waals surface area contributed by atoms with Crippen LogP contribution in [0.1, 0.15) is 38.8 Å². The molecule has 2 unspecified atom stereocenters. The summed E-state index contributed by atoms with van der Waals surface area (Å²) in [4.78, 5) is 9.67. The molecule has 2 bridgehead atoms. The number of anilines is 2. The molecule has 0 radical (unpaired) electrons. The standard InChI is InChI=1S/C28H31FN6/c1-18(2)33-16-24-14-23(33)17-34(24)28-25-6-4-5-7-26(25)35(32-28)22-12-13-30-27(15-22)31-19(3)20-8-10-21(29)11-9-20/h4-13,15,18-19,23-24H,14,16-17H2,1-3H3,(H,30,31)/t19-,23?,24?/m0/s1. The maximum Gasteiger partial charge on any atom is 0.159 e. The summed E-state index contributed by atoms with van der Waals surface area (Å²) in [6.45, 7) is 8.77. The highest BCUT2D eigenvalue weighted by molar-refractivity contribution is 5.92. The summed E-state index contributed by atoms with van der Waals surface area (Å²) in [5.41, 5.74) is 3.06. The number of piperazine rings is 1. The first-order valence-corrected chi connectivity index (χ1v) is 12.5. The van der Waals surface area contributed by atoms with E-state index in [-0.39, 0.29) is 11.9 Å². The van der Waals surface area contributed by atoms with Crippen LogP contribution in [0.25, 0.3) is 16.6 Å². The second-order valence-electron chi connectivity index (χ2n) is 10.1. The van der Waals surface area contributed by atoms with Gasteiger partial charge in [-0.15, -0.1) is 5.10 Å². The minimum Gasteiger partial charge on any atom is -0.363 e. The Morgan fingerprint density at radius 1 is 0.971 bits per heavy atom. The van der Waals surface area contributed by atoms with E-state index < -0.39 is 0 Å². The molecular formula is C28H31FN6. The fourth-order valence-electron chi connectivity index (χ4n) is 5.74. The minimum absolute atomic E-state index is 0.00710. The molecule has 180 valence electrons. The zero-order valence-corrected chi connectivity index (χ0v) is 20.4. The van der Waals surface area contributed by atoms with E-state index >= 15 is 0 Å². The first-order valence-electron chi connectivity index (χ1n) is 12.5. The lowest BCUT2D eigenvalue weighted by Gasteiger charge is -2.36. The van der Waals surface area contributed by atoms with Crippen molar-refractivity contribution >= 4 is 22.5 Å². The molecule has 35 heavy (non-hydrogen) atoms.